The first-order valence-corrected chi connectivity index (χ1v) is 4.81. The van der Waals surface area contributed by atoms with Gasteiger partial charge in [-0.2, -0.15) is 0 Å². The van der Waals surface area contributed by atoms with E-state index in [2.05, 4.69) is 10.3 Å². The fourth-order valence-electron chi connectivity index (χ4n) is 1.68. The number of amidine groups is 1. The summed E-state index contributed by atoms with van der Waals surface area (Å²) in [6.07, 6.45) is 0. The van der Waals surface area contributed by atoms with E-state index in [9.17, 15) is 4.39 Å². The molecule has 1 heterocycles. The van der Waals surface area contributed by atoms with Crippen molar-refractivity contribution in [1.82, 2.24) is 5.32 Å². The minimum Gasteiger partial charge on any atom is -0.371 e. The Morgan fingerprint density at radius 1 is 1.43 bits per heavy atom. The van der Waals surface area contributed by atoms with Crippen molar-refractivity contribution in [3.63, 3.8) is 0 Å². The second-order valence-electron chi connectivity index (χ2n) is 3.44. The van der Waals surface area contributed by atoms with Crippen molar-refractivity contribution in [3.8, 4) is 0 Å². The van der Waals surface area contributed by atoms with Gasteiger partial charge in [-0.25, -0.2) is 4.39 Å². The standard InChI is InChI=1S/C11H13FN2/c1-8(11-13-6-7-14-11)9-4-2-3-5-10(9)12/h2-5,8H,6-7H2,1H3,(H,13,14). The second-order valence-corrected chi connectivity index (χ2v) is 3.44. The van der Waals surface area contributed by atoms with Crippen molar-refractivity contribution in [2.24, 2.45) is 4.99 Å². The number of aliphatic imine (C=N–C) groups is 1. The highest BCUT2D eigenvalue weighted by atomic mass is 19.1. The molecule has 2 nitrogen and oxygen atoms in total. The molecule has 2 rings (SSSR count). The summed E-state index contributed by atoms with van der Waals surface area (Å²) in [6, 6.07) is 6.85. The lowest BCUT2D eigenvalue weighted by Gasteiger charge is -2.13. The summed E-state index contributed by atoms with van der Waals surface area (Å²) in [5.74, 6) is 0.769. The molecule has 1 aliphatic heterocycles. The van der Waals surface area contributed by atoms with Crippen LogP contribution in [0.5, 0.6) is 0 Å². The average molecular weight is 192 g/mol. The van der Waals surface area contributed by atoms with E-state index in [0.717, 1.165) is 18.9 Å². The molecule has 0 spiro atoms. The smallest absolute Gasteiger partial charge is 0.127 e. The number of halogens is 1. The molecule has 14 heavy (non-hydrogen) atoms. The van der Waals surface area contributed by atoms with E-state index in [1.165, 1.54) is 6.07 Å². The fraction of sp³-hybridized carbons (Fsp3) is 0.364. The Bertz CT molecular complexity index is 360. The van der Waals surface area contributed by atoms with Crippen molar-refractivity contribution < 1.29 is 4.39 Å². The molecule has 0 saturated carbocycles. The van der Waals surface area contributed by atoms with Crippen LogP contribution in [0, 0.1) is 5.82 Å². The molecule has 0 saturated heterocycles. The number of nitrogens with one attached hydrogen (secondary N) is 1. The average Bonchev–Trinajstić information content (AvgIpc) is 2.70. The van der Waals surface area contributed by atoms with Crippen molar-refractivity contribution >= 4 is 5.84 Å². The molecule has 1 unspecified atom stereocenters. The lowest BCUT2D eigenvalue weighted by molar-refractivity contribution is 0.607. The highest BCUT2D eigenvalue weighted by molar-refractivity contribution is 5.89. The Balaban J connectivity index is 2.26. The quantitative estimate of drug-likeness (QED) is 0.760. The Kier molecular flexibility index (Phi) is 2.48. The van der Waals surface area contributed by atoms with Gasteiger partial charge >= 0.3 is 0 Å². The van der Waals surface area contributed by atoms with Gasteiger partial charge in [-0.05, 0) is 11.6 Å². The van der Waals surface area contributed by atoms with Gasteiger partial charge in [-0.15, -0.1) is 0 Å². The van der Waals surface area contributed by atoms with E-state index >= 15 is 0 Å². The predicted octanol–water partition coefficient (Wildman–Crippen LogP) is 1.93. The van der Waals surface area contributed by atoms with Crippen molar-refractivity contribution in [2.45, 2.75) is 12.8 Å². The van der Waals surface area contributed by atoms with Crippen LogP contribution in [-0.4, -0.2) is 18.9 Å². The zero-order chi connectivity index (χ0) is 9.97. The summed E-state index contributed by atoms with van der Waals surface area (Å²) in [6.45, 7) is 3.64. The van der Waals surface area contributed by atoms with Crippen LogP contribution in [0.2, 0.25) is 0 Å². The maximum atomic E-state index is 13.4. The fourth-order valence-corrected chi connectivity index (χ4v) is 1.68. The van der Waals surface area contributed by atoms with E-state index in [4.69, 9.17) is 0 Å². The number of hydrogen-bond donors (Lipinski definition) is 1. The highest BCUT2D eigenvalue weighted by Gasteiger charge is 2.18. The topological polar surface area (TPSA) is 24.4 Å². The lowest BCUT2D eigenvalue weighted by atomic mass is 9.99. The van der Waals surface area contributed by atoms with Gasteiger partial charge in [0, 0.05) is 12.5 Å². The molecule has 1 atom stereocenters. The maximum Gasteiger partial charge on any atom is 0.127 e. The summed E-state index contributed by atoms with van der Waals surface area (Å²) in [7, 11) is 0. The molecule has 0 fully saturated rings. The normalized spacial score (nSPS) is 17.4. The van der Waals surface area contributed by atoms with E-state index in [0.29, 0.717) is 5.56 Å². The molecule has 0 amide bonds. The van der Waals surface area contributed by atoms with Gasteiger partial charge < -0.3 is 5.32 Å². The molecule has 1 aromatic rings. The van der Waals surface area contributed by atoms with Gasteiger partial charge in [-0.1, -0.05) is 25.1 Å². The third kappa shape index (κ3) is 1.62. The third-order valence-corrected chi connectivity index (χ3v) is 2.48. The van der Waals surface area contributed by atoms with Crippen molar-refractivity contribution in [3.05, 3.63) is 35.6 Å². The molecular formula is C11H13FN2. The van der Waals surface area contributed by atoms with Gasteiger partial charge in [0.1, 0.15) is 11.7 Å². The summed E-state index contributed by atoms with van der Waals surface area (Å²) in [5.41, 5.74) is 0.709. The van der Waals surface area contributed by atoms with Crippen LogP contribution in [-0.2, 0) is 0 Å². The van der Waals surface area contributed by atoms with Gasteiger partial charge in [0.25, 0.3) is 0 Å². The number of rotatable bonds is 2. The summed E-state index contributed by atoms with van der Waals surface area (Å²) < 4.78 is 13.4. The lowest BCUT2D eigenvalue weighted by Crippen LogP contribution is -2.24. The molecule has 0 radical (unpaired) electrons. The van der Waals surface area contributed by atoms with Crippen LogP contribution in [0.15, 0.2) is 29.3 Å². The molecule has 1 N–H and O–H groups in total. The van der Waals surface area contributed by atoms with Crippen molar-refractivity contribution in [1.29, 1.82) is 0 Å². The highest BCUT2D eigenvalue weighted by Crippen LogP contribution is 2.20. The summed E-state index contributed by atoms with van der Waals surface area (Å²) in [5, 5.41) is 3.17. The molecule has 1 aromatic carbocycles. The summed E-state index contributed by atoms with van der Waals surface area (Å²) >= 11 is 0. The monoisotopic (exact) mass is 192 g/mol. The molecule has 3 heteroatoms. The van der Waals surface area contributed by atoms with Crippen LogP contribution < -0.4 is 5.32 Å². The molecule has 0 bridgehead atoms. The van der Waals surface area contributed by atoms with E-state index in [-0.39, 0.29) is 11.7 Å². The van der Waals surface area contributed by atoms with Crippen LogP contribution in [0.1, 0.15) is 18.4 Å². The first kappa shape index (κ1) is 9.19. The first-order chi connectivity index (χ1) is 6.79. The molecule has 0 aromatic heterocycles. The van der Waals surface area contributed by atoms with Crippen LogP contribution in [0.25, 0.3) is 0 Å². The second kappa shape index (κ2) is 3.78. The minimum atomic E-state index is -0.156. The maximum absolute atomic E-state index is 13.4. The predicted molar refractivity (Wildman–Crippen MR) is 55.1 cm³/mol. The van der Waals surface area contributed by atoms with Gasteiger partial charge in [0.15, 0.2) is 0 Å². The largest absolute Gasteiger partial charge is 0.371 e. The number of benzene rings is 1. The van der Waals surface area contributed by atoms with Crippen LogP contribution in [0.4, 0.5) is 4.39 Å². The molecular weight excluding hydrogens is 179 g/mol. The van der Waals surface area contributed by atoms with Crippen LogP contribution in [0.3, 0.4) is 0 Å². The zero-order valence-corrected chi connectivity index (χ0v) is 8.13. The Morgan fingerprint density at radius 3 is 2.86 bits per heavy atom. The first-order valence-electron chi connectivity index (χ1n) is 4.81. The summed E-state index contributed by atoms with van der Waals surface area (Å²) in [4.78, 5) is 4.29. The molecule has 0 aliphatic carbocycles. The molecule has 1 aliphatic rings. The Hall–Kier alpha value is -1.38. The van der Waals surface area contributed by atoms with E-state index < -0.39 is 0 Å². The number of nitrogens with zero attached hydrogens (tertiary/aromatic N) is 1. The number of hydrogen-bond acceptors (Lipinski definition) is 2. The molecule has 74 valence electrons. The van der Waals surface area contributed by atoms with Crippen molar-refractivity contribution in [2.75, 3.05) is 13.1 Å². The Labute approximate surface area is 82.9 Å². The SMILES string of the molecule is CC(C1=NCCN1)c1ccccc1F. The third-order valence-electron chi connectivity index (χ3n) is 2.48. The van der Waals surface area contributed by atoms with E-state index in [1.807, 2.05) is 19.1 Å². The Morgan fingerprint density at radius 2 is 2.21 bits per heavy atom. The zero-order valence-electron chi connectivity index (χ0n) is 8.13. The van der Waals surface area contributed by atoms with Gasteiger partial charge in [0.2, 0.25) is 0 Å². The van der Waals surface area contributed by atoms with E-state index in [1.54, 1.807) is 6.07 Å². The minimum absolute atomic E-state index is 0.0266. The van der Waals surface area contributed by atoms with Crippen LogP contribution >= 0.6 is 0 Å². The van der Waals surface area contributed by atoms with Gasteiger partial charge in [0.05, 0.1) is 6.54 Å². The van der Waals surface area contributed by atoms with Gasteiger partial charge in [-0.3, -0.25) is 4.99 Å².